The lowest BCUT2D eigenvalue weighted by atomic mass is 10.0. The van der Waals surface area contributed by atoms with E-state index in [2.05, 4.69) is 0 Å². The number of furan rings is 1. The minimum atomic E-state index is -1.04. The van der Waals surface area contributed by atoms with Crippen LogP contribution in [-0.2, 0) is 11.2 Å². The van der Waals surface area contributed by atoms with E-state index in [4.69, 9.17) is 21.1 Å². The molecule has 1 atom stereocenters. The molecule has 122 valence electrons. The quantitative estimate of drug-likeness (QED) is 0.904. The number of carbonyl (C=O) groups excluding carboxylic acids is 1. The van der Waals surface area contributed by atoms with E-state index < -0.39 is 5.97 Å². The smallest absolute Gasteiger partial charge is 0.311 e. The number of amides is 1. The molecular weight excluding hydrogens is 318 g/mol. The van der Waals surface area contributed by atoms with Crippen LogP contribution in [0, 0.1) is 6.92 Å². The Labute approximate surface area is 139 Å². The maximum Gasteiger partial charge on any atom is 0.311 e. The highest BCUT2D eigenvalue weighted by Crippen LogP contribution is 2.26. The first-order chi connectivity index (χ1) is 10.8. The first kappa shape index (κ1) is 17.1. The van der Waals surface area contributed by atoms with Gasteiger partial charge in [0, 0.05) is 17.6 Å². The second-order valence-electron chi connectivity index (χ2n) is 5.43. The van der Waals surface area contributed by atoms with Crippen molar-refractivity contribution in [3.8, 4) is 0 Å². The fourth-order valence-electron chi connectivity index (χ4n) is 2.39. The molecule has 1 amide bonds. The van der Waals surface area contributed by atoms with E-state index >= 15 is 0 Å². The van der Waals surface area contributed by atoms with Gasteiger partial charge in [0.25, 0.3) is 5.91 Å². The molecule has 1 heterocycles. The third-order valence-electron chi connectivity index (χ3n) is 3.81. The molecule has 0 bridgehead atoms. The van der Waals surface area contributed by atoms with Crippen LogP contribution in [-0.4, -0.2) is 28.9 Å². The number of carboxylic acids is 1. The standard InChI is InChI=1S/C17H18ClNO4/c1-10-9-23-14(8-15(20)21)16(10)17(22)19(3)11(2)12-5-4-6-13(18)7-12/h4-7,9,11H,8H2,1-3H3,(H,20,21). The van der Waals surface area contributed by atoms with Gasteiger partial charge in [0.2, 0.25) is 0 Å². The lowest BCUT2D eigenvalue weighted by Gasteiger charge is -2.25. The largest absolute Gasteiger partial charge is 0.481 e. The SMILES string of the molecule is Cc1coc(CC(=O)O)c1C(=O)N(C)C(C)c1cccc(Cl)c1. The molecule has 0 radical (unpaired) electrons. The second kappa shape index (κ2) is 6.87. The molecule has 5 nitrogen and oxygen atoms in total. The molecule has 1 unspecified atom stereocenters. The van der Waals surface area contributed by atoms with Crippen LogP contribution >= 0.6 is 11.6 Å². The van der Waals surface area contributed by atoms with Gasteiger partial charge in [0.05, 0.1) is 17.9 Å². The zero-order valence-electron chi connectivity index (χ0n) is 13.2. The van der Waals surface area contributed by atoms with Crippen molar-refractivity contribution >= 4 is 23.5 Å². The van der Waals surface area contributed by atoms with Gasteiger partial charge in [-0.15, -0.1) is 0 Å². The van der Waals surface area contributed by atoms with Crippen LogP contribution in [0.1, 0.15) is 40.2 Å². The van der Waals surface area contributed by atoms with Crippen molar-refractivity contribution in [1.82, 2.24) is 4.90 Å². The lowest BCUT2D eigenvalue weighted by molar-refractivity contribution is -0.136. The second-order valence-corrected chi connectivity index (χ2v) is 5.87. The Morgan fingerprint density at radius 3 is 2.70 bits per heavy atom. The molecule has 6 heteroatoms. The predicted molar refractivity (Wildman–Crippen MR) is 86.7 cm³/mol. The van der Waals surface area contributed by atoms with E-state index in [0.717, 1.165) is 5.56 Å². The van der Waals surface area contributed by atoms with Crippen LogP contribution in [0.15, 0.2) is 34.9 Å². The zero-order chi connectivity index (χ0) is 17.1. The molecule has 0 aliphatic rings. The molecule has 0 aliphatic carbocycles. The molecule has 1 aromatic heterocycles. The van der Waals surface area contributed by atoms with Gasteiger partial charge in [0.1, 0.15) is 12.2 Å². The Hall–Kier alpha value is -2.27. The summed E-state index contributed by atoms with van der Waals surface area (Å²) < 4.78 is 5.23. The summed E-state index contributed by atoms with van der Waals surface area (Å²) >= 11 is 6.00. The number of nitrogens with zero attached hydrogens (tertiary/aromatic N) is 1. The van der Waals surface area contributed by atoms with Crippen molar-refractivity contribution in [1.29, 1.82) is 0 Å². The molecule has 1 aromatic carbocycles. The first-order valence-corrected chi connectivity index (χ1v) is 7.50. The molecule has 1 N–H and O–H groups in total. The van der Waals surface area contributed by atoms with Crippen molar-refractivity contribution in [3.05, 3.63) is 58.0 Å². The molecule has 0 fully saturated rings. The number of rotatable bonds is 5. The molecule has 0 saturated carbocycles. The number of benzene rings is 1. The highest BCUT2D eigenvalue weighted by Gasteiger charge is 2.26. The summed E-state index contributed by atoms with van der Waals surface area (Å²) in [6.07, 6.45) is 1.08. The molecule has 0 aliphatic heterocycles. The van der Waals surface area contributed by atoms with Crippen molar-refractivity contribution in [2.45, 2.75) is 26.3 Å². The molecule has 2 aromatic rings. The summed E-state index contributed by atoms with van der Waals surface area (Å²) in [7, 11) is 1.67. The van der Waals surface area contributed by atoms with E-state index in [-0.39, 0.29) is 24.1 Å². The number of hydrogen-bond donors (Lipinski definition) is 1. The number of aryl methyl sites for hydroxylation is 1. The predicted octanol–water partition coefficient (Wildman–Crippen LogP) is 3.70. The minimum absolute atomic E-state index is 0.171. The van der Waals surface area contributed by atoms with Gasteiger partial charge in [0.15, 0.2) is 0 Å². The summed E-state index contributed by atoms with van der Waals surface area (Å²) in [4.78, 5) is 25.2. The Morgan fingerprint density at radius 2 is 2.09 bits per heavy atom. The van der Waals surface area contributed by atoms with Gasteiger partial charge >= 0.3 is 5.97 Å². The average molecular weight is 336 g/mol. The van der Waals surface area contributed by atoms with Crippen LogP contribution in [0.5, 0.6) is 0 Å². The van der Waals surface area contributed by atoms with Crippen molar-refractivity contribution in [2.75, 3.05) is 7.05 Å². The van der Waals surface area contributed by atoms with Crippen molar-refractivity contribution < 1.29 is 19.1 Å². The van der Waals surface area contributed by atoms with Gasteiger partial charge in [-0.05, 0) is 31.5 Å². The van der Waals surface area contributed by atoms with Crippen molar-refractivity contribution in [2.24, 2.45) is 0 Å². The summed E-state index contributed by atoms with van der Waals surface area (Å²) in [5.74, 6) is -1.15. The van der Waals surface area contributed by atoms with E-state index in [1.165, 1.54) is 6.26 Å². The van der Waals surface area contributed by atoms with E-state index in [9.17, 15) is 9.59 Å². The average Bonchev–Trinajstić information content (AvgIpc) is 2.85. The maximum absolute atomic E-state index is 12.8. The van der Waals surface area contributed by atoms with Gasteiger partial charge in [-0.25, -0.2) is 0 Å². The first-order valence-electron chi connectivity index (χ1n) is 7.12. The third-order valence-corrected chi connectivity index (χ3v) is 4.04. The number of carbonyl (C=O) groups is 2. The van der Waals surface area contributed by atoms with Gasteiger partial charge in [-0.3, -0.25) is 9.59 Å². The van der Waals surface area contributed by atoms with Crippen molar-refractivity contribution in [3.63, 3.8) is 0 Å². The maximum atomic E-state index is 12.8. The Balaban J connectivity index is 2.29. The monoisotopic (exact) mass is 335 g/mol. The summed E-state index contributed by atoms with van der Waals surface area (Å²) in [5, 5.41) is 9.54. The van der Waals surface area contributed by atoms with Crippen LogP contribution in [0.2, 0.25) is 5.02 Å². The number of hydrogen-bond acceptors (Lipinski definition) is 3. The highest BCUT2D eigenvalue weighted by molar-refractivity contribution is 6.30. The molecule has 0 spiro atoms. The van der Waals surface area contributed by atoms with Crippen LogP contribution < -0.4 is 0 Å². The zero-order valence-corrected chi connectivity index (χ0v) is 13.9. The highest BCUT2D eigenvalue weighted by atomic mass is 35.5. The fourth-order valence-corrected chi connectivity index (χ4v) is 2.59. The topological polar surface area (TPSA) is 70.7 Å². The Bertz CT molecular complexity index is 738. The van der Waals surface area contributed by atoms with E-state index in [0.29, 0.717) is 16.1 Å². The Morgan fingerprint density at radius 1 is 1.39 bits per heavy atom. The van der Waals surface area contributed by atoms with Crippen LogP contribution in [0.4, 0.5) is 0 Å². The van der Waals surface area contributed by atoms with Gasteiger partial charge in [-0.1, -0.05) is 23.7 Å². The van der Waals surface area contributed by atoms with E-state index in [1.54, 1.807) is 31.0 Å². The van der Waals surface area contributed by atoms with Crippen LogP contribution in [0.25, 0.3) is 0 Å². The van der Waals surface area contributed by atoms with E-state index in [1.807, 2.05) is 19.1 Å². The molecule has 2 rings (SSSR count). The molecular formula is C17H18ClNO4. The number of carboxylic acid groups (broad SMARTS) is 1. The number of aliphatic carboxylic acids is 1. The van der Waals surface area contributed by atoms with Crippen LogP contribution in [0.3, 0.4) is 0 Å². The Kier molecular flexibility index (Phi) is 5.11. The fraction of sp³-hybridized carbons (Fsp3) is 0.294. The third kappa shape index (κ3) is 3.74. The normalized spacial score (nSPS) is 12.0. The molecule has 0 saturated heterocycles. The summed E-state index contributed by atoms with van der Waals surface area (Å²) in [6, 6.07) is 7.07. The number of halogens is 1. The van der Waals surface area contributed by atoms with Gasteiger partial charge < -0.3 is 14.4 Å². The van der Waals surface area contributed by atoms with Gasteiger partial charge in [-0.2, -0.15) is 0 Å². The minimum Gasteiger partial charge on any atom is -0.481 e. The summed E-state index contributed by atoms with van der Waals surface area (Å²) in [6.45, 7) is 3.61. The summed E-state index contributed by atoms with van der Waals surface area (Å²) in [5.41, 5.74) is 1.83. The molecule has 23 heavy (non-hydrogen) atoms. The lowest BCUT2D eigenvalue weighted by Crippen LogP contribution is -2.30.